The maximum atomic E-state index is 11.4. The molecule has 0 fully saturated rings. The van der Waals surface area contributed by atoms with E-state index in [1.54, 1.807) is 20.8 Å². The van der Waals surface area contributed by atoms with Crippen LogP contribution >= 0.6 is 22.6 Å². The summed E-state index contributed by atoms with van der Waals surface area (Å²) in [6.07, 6.45) is 0.749. The summed E-state index contributed by atoms with van der Waals surface area (Å²) in [4.78, 5) is 28.3. The van der Waals surface area contributed by atoms with E-state index in [-0.39, 0.29) is 5.82 Å². The van der Waals surface area contributed by atoms with Gasteiger partial charge in [0.05, 0.1) is 3.57 Å². The first-order valence-electron chi connectivity index (χ1n) is 4.53. The van der Waals surface area contributed by atoms with E-state index in [1.165, 1.54) is 6.20 Å². The number of halogens is 1. The predicted octanol–water partition coefficient (Wildman–Crippen LogP) is 1.72. The fourth-order valence-corrected chi connectivity index (χ4v) is 1.28. The summed E-state index contributed by atoms with van der Waals surface area (Å²) in [5.41, 5.74) is -1.10. The summed E-state index contributed by atoms with van der Waals surface area (Å²) in [7, 11) is 0. The van der Waals surface area contributed by atoms with Crippen LogP contribution in [0.1, 0.15) is 20.8 Å². The number of amides is 1. The number of carbonyl (C=O) groups is 1. The maximum Gasteiger partial charge on any atom is 0.413 e. The van der Waals surface area contributed by atoms with Gasteiger partial charge >= 0.3 is 11.8 Å². The summed E-state index contributed by atoms with van der Waals surface area (Å²) in [6.45, 7) is 5.27. The fourth-order valence-electron chi connectivity index (χ4n) is 0.875. The van der Waals surface area contributed by atoms with Gasteiger partial charge in [-0.3, -0.25) is 10.3 Å². The minimum atomic E-state index is -0.618. The van der Waals surface area contributed by atoms with Crippen LogP contribution in [0.2, 0.25) is 0 Å². The van der Waals surface area contributed by atoms with E-state index in [9.17, 15) is 9.59 Å². The van der Waals surface area contributed by atoms with E-state index in [0.29, 0.717) is 3.57 Å². The van der Waals surface area contributed by atoms with Crippen LogP contribution in [0.15, 0.2) is 11.0 Å². The number of nitrogens with zero attached hydrogens (tertiary/aromatic N) is 1. The van der Waals surface area contributed by atoms with Crippen molar-refractivity contribution in [2.45, 2.75) is 26.4 Å². The van der Waals surface area contributed by atoms with Crippen molar-refractivity contribution in [2.75, 3.05) is 5.32 Å². The smallest absolute Gasteiger partial charge is 0.413 e. The molecule has 16 heavy (non-hydrogen) atoms. The molecule has 1 heterocycles. The third-order valence-electron chi connectivity index (χ3n) is 1.39. The van der Waals surface area contributed by atoms with Crippen molar-refractivity contribution in [1.29, 1.82) is 0 Å². The van der Waals surface area contributed by atoms with Crippen LogP contribution in [0, 0.1) is 3.57 Å². The van der Waals surface area contributed by atoms with Gasteiger partial charge in [0.2, 0.25) is 0 Å². The molecule has 0 saturated heterocycles. The number of rotatable bonds is 1. The van der Waals surface area contributed by atoms with Crippen molar-refractivity contribution in [3.63, 3.8) is 0 Å². The third-order valence-corrected chi connectivity index (χ3v) is 2.21. The third kappa shape index (κ3) is 4.17. The number of hydrogen-bond donors (Lipinski definition) is 2. The average Bonchev–Trinajstić information content (AvgIpc) is 2.08. The van der Waals surface area contributed by atoms with Crippen LogP contribution in [0.3, 0.4) is 0 Å². The topological polar surface area (TPSA) is 84.1 Å². The van der Waals surface area contributed by atoms with Gasteiger partial charge in [-0.05, 0) is 43.4 Å². The Morgan fingerprint density at radius 2 is 2.19 bits per heavy atom. The van der Waals surface area contributed by atoms with Crippen LogP contribution < -0.4 is 11.0 Å². The lowest BCUT2D eigenvalue weighted by atomic mass is 10.2. The molecule has 0 aliphatic heterocycles. The Morgan fingerprint density at radius 3 is 2.75 bits per heavy atom. The summed E-state index contributed by atoms with van der Waals surface area (Å²) >= 11 is 1.94. The molecule has 1 aromatic heterocycles. The molecule has 0 radical (unpaired) electrons. The Morgan fingerprint density at radius 1 is 1.56 bits per heavy atom. The van der Waals surface area contributed by atoms with E-state index in [2.05, 4.69) is 15.3 Å². The number of nitrogens with one attached hydrogen (secondary N) is 2. The van der Waals surface area contributed by atoms with Gasteiger partial charge in [-0.15, -0.1) is 0 Å². The van der Waals surface area contributed by atoms with Gasteiger partial charge in [-0.2, -0.15) is 0 Å². The van der Waals surface area contributed by atoms with Crippen LogP contribution in [-0.2, 0) is 4.74 Å². The van der Waals surface area contributed by atoms with E-state index in [0.717, 1.165) is 0 Å². The second-order valence-electron chi connectivity index (χ2n) is 4.04. The van der Waals surface area contributed by atoms with Gasteiger partial charge in [0, 0.05) is 6.20 Å². The Balaban J connectivity index is 2.77. The minimum absolute atomic E-state index is 0.287. The Hall–Kier alpha value is -1.12. The van der Waals surface area contributed by atoms with Crippen molar-refractivity contribution < 1.29 is 9.53 Å². The fraction of sp³-hybridized carbons (Fsp3) is 0.444. The van der Waals surface area contributed by atoms with Crippen LogP contribution in [0.4, 0.5) is 10.6 Å². The van der Waals surface area contributed by atoms with Gasteiger partial charge < -0.3 is 4.74 Å². The Kier molecular flexibility index (Phi) is 3.89. The lowest BCUT2D eigenvalue weighted by molar-refractivity contribution is 0.0635. The molecule has 88 valence electrons. The summed E-state index contributed by atoms with van der Waals surface area (Å²) in [6, 6.07) is 0. The number of aromatic nitrogens is 2. The molecule has 6 nitrogen and oxygen atoms in total. The molecule has 1 aromatic rings. The molecule has 1 amide bonds. The van der Waals surface area contributed by atoms with Gasteiger partial charge in [-0.25, -0.2) is 14.6 Å². The highest BCUT2D eigenvalue weighted by Crippen LogP contribution is 2.13. The van der Waals surface area contributed by atoms with Crippen molar-refractivity contribution in [3.8, 4) is 0 Å². The molecular formula is C9H12IN3O3. The van der Waals surface area contributed by atoms with Crippen molar-refractivity contribution >= 4 is 34.5 Å². The average molecular weight is 337 g/mol. The highest BCUT2D eigenvalue weighted by molar-refractivity contribution is 14.1. The zero-order valence-electron chi connectivity index (χ0n) is 9.13. The maximum absolute atomic E-state index is 11.4. The normalized spacial score (nSPS) is 11.0. The number of hydrogen-bond acceptors (Lipinski definition) is 4. The number of anilines is 1. The quantitative estimate of drug-likeness (QED) is 0.765. The zero-order chi connectivity index (χ0) is 12.3. The Bertz CT molecular complexity index is 450. The van der Waals surface area contributed by atoms with Crippen molar-refractivity contribution in [1.82, 2.24) is 9.97 Å². The van der Waals surface area contributed by atoms with Gasteiger partial charge in [0.15, 0.2) is 0 Å². The minimum Gasteiger partial charge on any atom is -0.444 e. The second-order valence-corrected chi connectivity index (χ2v) is 5.20. The van der Waals surface area contributed by atoms with Gasteiger partial charge in [0.1, 0.15) is 11.4 Å². The molecule has 0 unspecified atom stereocenters. The molecule has 0 aliphatic rings. The molecule has 7 heteroatoms. The van der Waals surface area contributed by atoms with Gasteiger partial charge in [0.25, 0.3) is 0 Å². The molecule has 2 N–H and O–H groups in total. The number of ether oxygens (including phenoxy) is 1. The number of carbonyl (C=O) groups excluding carboxylic acids is 1. The first kappa shape index (κ1) is 12.9. The zero-order valence-corrected chi connectivity index (χ0v) is 11.3. The van der Waals surface area contributed by atoms with E-state index >= 15 is 0 Å². The van der Waals surface area contributed by atoms with Crippen LogP contribution in [0.5, 0.6) is 0 Å². The molecule has 0 aliphatic carbocycles. The Labute approximate surface area is 106 Å². The number of H-pyrrole nitrogens is 1. The van der Waals surface area contributed by atoms with E-state index in [4.69, 9.17) is 4.74 Å². The van der Waals surface area contributed by atoms with Gasteiger partial charge in [-0.1, -0.05) is 0 Å². The summed E-state index contributed by atoms with van der Waals surface area (Å²) in [5.74, 6) is 0.287. The molecular weight excluding hydrogens is 325 g/mol. The second kappa shape index (κ2) is 4.81. The predicted molar refractivity (Wildman–Crippen MR) is 67.4 cm³/mol. The van der Waals surface area contributed by atoms with E-state index < -0.39 is 17.4 Å². The largest absolute Gasteiger partial charge is 0.444 e. The molecule has 0 aromatic carbocycles. The molecule has 1 rings (SSSR count). The van der Waals surface area contributed by atoms with Crippen LogP contribution in [0.25, 0.3) is 0 Å². The highest BCUT2D eigenvalue weighted by Gasteiger charge is 2.17. The number of aromatic amines is 1. The summed E-state index contributed by atoms with van der Waals surface area (Å²) in [5, 5.41) is 2.44. The lowest BCUT2D eigenvalue weighted by Crippen LogP contribution is -2.28. The molecule has 0 spiro atoms. The first-order chi connectivity index (χ1) is 7.28. The molecule has 0 saturated carbocycles. The van der Waals surface area contributed by atoms with E-state index in [1.807, 2.05) is 22.6 Å². The molecule has 0 bridgehead atoms. The van der Waals surface area contributed by atoms with Crippen molar-refractivity contribution in [2.24, 2.45) is 0 Å². The highest BCUT2D eigenvalue weighted by atomic mass is 127. The summed E-state index contributed by atoms with van der Waals surface area (Å²) < 4.78 is 5.67. The van der Waals surface area contributed by atoms with Crippen LogP contribution in [-0.4, -0.2) is 21.7 Å². The monoisotopic (exact) mass is 337 g/mol. The SMILES string of the molecule is CC(C)(C)OC(=O)Nc1[nH]c(=O)ncc1I. The lowest BCUT2D eigenvalue weighted by Gasteiger charge is -2.19. The van der Waals surface area contributed by atoms with Crippen molar-refractivity contribution in [3.05, 3.63) is 20.3 Å². The molecule has 0 atom stereocenters. The first-order valence-corrected chi connectivity index (χ1v) is 5.60. The standard InChI is InChI=1S/C9H12IN3O3/c1-9(2,3)16-8(15)13-6-5(10)4-11-7(14)12-6/h4H,1-3H3,(H2,11,12,13,14,15).